The Kier molecular flexibility index (Phi) is 3.77. The summed E-state index contributed by atoms with van der Waals surface area (Å²) in [6, 6.07) is 13.0. The minimum absolute atomic E-state index is 0.184. The van der Waals surface area contributed by atoms with E-state index in [0.717, 1.165) is 16.7 Å². The summed E-state index contributed by atoms with van der Waals surface area (Å²) in [5, 5.41) is 0.555. The van der Waals surface area contributed by atoms with Gasteiger partial charge in [0.05, 0.1) is 5.41 Å². The number of halogens is 1. The molecule has 0 heterocycles. The molecule has 0 radical (unpaired) electrons. The molecule has 0 spiro atoms. The van der Waals surface area contributed by atoms with E-state index < -0.39 is 17.5 Å². The second-order valence-electron chi connectivity index (χ2n) is 6.08. The maximum absolute atomic E-state index is 12.8. The van der Waals surface area contributed by atoms with E-state index in [-0.39, 0.29) is 5.78 Å². The highest BCUT2D eigenvalue weighted by Crippen LogP contribution is 2.47. The minimum Gasteiger partial charge on any atom is -0.453 e. The Balaban J connectivity index is 2.29. The molecule has 0 amide bonds. The second-order valence-corrected chi connectivity index (χ2v) is 6.49. The van der Waals surface area contributed by atoms with Crippen LogP contribution in [0.5, 0.6) is 0 Å². The topological polar surface area (TPSA) is 43.4 Å². The van der Waals surface area contributed by atoms with Crippen LogP contribution in [0.15, 0.2) is 42.5 Å². The molecule has 3 nitrogen and oxygen atoms in total. The van der Waals surface area contributed by atoms with Gasteiger partial charge in [-0.3, -0.25) is 9.59 Å². The molecule has 1 aliphatic carbocycles. The molecule has 2 aromatic rings. The van der Waals surface area contributed by atoms with Crippen LogP contribution >= 0.6 is 11.6 Å². The molecular formula is C19H17ClO3. The number of carbonyl (C=O) groups is 2. The van der Waals surface area contributed by atoms with E-state index >= 15 is 0 Å². The van der Waals surface area contributed by atoms with Crippen molar-refractivity contribution in [2.24, 2.45) is 0 Å². The van der Waals surface area contributed by atoms with E-state index in [1.54, 1.807) is 6.07 Å². The highest BCUT2D eigenvalue weighted by atomic mass is 35.5. The minimum atomic E-state index is -0.906. The van der Waals surface area contributed by atoms with Crippen LogP contribution in [-0.4, -0.2) is 17.9 Å². The van der Waals surface area contributed by atoms with Crippen molar-refractivity contribution in [2.75, 3.05) is 0 Å². The zero-order valence-electron chi connectivity index (χ0n) is 13.2. The van der Waals surface area contributed by atoms with Gasteiger partial charge in [-0.15, -0.1) is 0 Å². The zero-order valence-corrected chi connectivity index (χ0v) is 14.0. The van der Waals surface area contributed by atoms with E-state index in [9.17, 15) is 9.59 Å². The van der Waals surface area contributed by atoms with Gasteiger partial charge < -0.3 is 4.74 Å². The first-order valence-electron chi connectivity index (χ1n) is 7.43. The Bertz CT molecular complexity index is 812. The maximum Gasteiger partial charge on any atom is 0.303 e. The van der Waals surface area contributed by atoms with E-state index in [0.29, 0.717) is 10.6 Å². The molecule has 4 heteroatoms. The summed E-state index contributed by atoms with van der Waals surface area (Å²) < 4.78 is 5.42. The number of hydrogen-bond donors (Lipinski definition) is 0. The molecule has 0 fully saturated rings. The van der Waals surface area contributed by atoms with Crippen molar-refractivity contribution in [2.45, 2.75) is 32.3 Å². The first-order valence-corrected chi connectivity index (χ1v) is 7.81. The van der Waals surface area contributed by atoms with Crippen LogP contribution < -0.4 is 0 Å². The Morgan fingerprint density at radius 3 is 2.57 bits per heavy atom. The smallest absolute Gasteiger partial charge is 0.303 e. The van der Waals surface area contributed by atoms with Gasteiger partial charge in [-0.2, -0.15) is 0 Å². The number of carbonyl (C=O) groups excluding carboxylic acids is 2. The fourth-order valence-corrected chi connectivity index (χ4v) is 3.67. The number of aryl methyl sites for hydroxylation is 1. The van der Waals surface area contributed by atoms with Crippen LogP contribution in [0.1, 0.15) is 40.9 Å². The van der Waals surface area contributed by atoms with E-state index in [1.807, 2.05) is 50.2 Å². The Labute approximate surface area is 140 Å². The van der Waals surface area contributed by atoms with E-state index in [4.69, 9.17) is 16.3 Å². The first kappa shape index (κ1) is 15.8. The highest BCUT2D eigenvalue weighted by molar-refractivity contribution is 6.31. The molecule has 2 aromatic carbocycles. The lowest BCUT2D eigenvalue weighted by atomic mass is 9.75. The highest BCUT2D eigenvalue weighted by Gasteiger charge is 2.52. The van der Waals surface area contributed by atoms with Crippen LogP contribution in [0.2, 0.25) is 5.02 Å². The number of hydrogen-bond acceptors (Lipinski definition) is 3. The number of esters is 1. The molecule has 0 N–H and O–H groups in total. The van der Waals surface area contributed by atoms with Crippen LogP contribution in [0.25, 0.3) is 0 Å². The Hall–Kier alpha value is -2.13. The average molecular weight is 329 g/mol. The van der Waals surface area contributed by atoms with Crippen LogP contribution in [-0.2, 0) is 14.9 Å². The van der Waals surface area contributed by atoms with Gasteiger partial charge in [0.1, 0.15) is 0 Å². The SMILES string of the molecule is CC(=O)OC1C(=O)c2ccccc2C1(C)c1cc(C)ccc1Cl. The van der Waals surface area contributed by atoms with Crippen molar-refractivity contribution >= 4 is 23.4 Å². The van der Waals surface area contributed by atoms with Gasteiger partial charge in [0, 0.05) is 17.5 Å². The molecule has 0 saturated heterocycles. The van der Waals surface area contributed by atoms with Gasteiger partial charge in [-0.1, -0.05) is 53.6 Å². The molecule has 1 aliphatic rings. The van der Waals surface area contributed by atoms with Crippen molar-refractivity contribution in [1.82, 2.24) is 0 Å². The fraction of sp³-hybridized carbons (Fsp3) is 0.263. The number of ketones is 1. The van der Waals surface area contributed by atoms with Crippen LogP contribution in [0, 0.1) is 6.92 Å². The number of benzene rings is 2. The number of ether oxygens (including phenoxy) is 1. The predicted molar refractivity (Wildman–Crippen MR) is 89.0 cm³/mol. The Morgan fingerprint density at radius 2 is 1.87 bits per heavy atom. The van der Waals surface area contributed by atoms with E-state index in [2.05, 4.69) is 0 Å². The van der Waals surface area contributed by atoms with Crippen LogP contribution in [0.3, 0.4) is 0 Å². The van der Waals surface area contributed by atoms with Gasteiger partial charge >= 0.3 is 5.97 Å². The van der Waals surface area contributed by atoms with Crippen molar-refractivity contribution in [1.29, 1.82) is 0 Å². The van der Waals surface area contributed by atoms with Gasteiger partial charge in [0.2, 0.25) is 5.78 Å². The maximum atomic E-state index is 12.8. The Morgan fingerprint density at radius 1 is 1.17 bits per heavy atom. The normalized spacial score (nSPS) is 22.8. The largest absolute Gasteiger partial charge is 0.453 e. The van der Waals surface area contributed by atoms with Crippen molar-refractivity contribution in [3.05, 3.63) is 69.7 Å². The third-order valence-corrected chi connectivity index (χ3v) is 4.81. The molecule has 0 aliphatic heterocycles. The summed E-state index contributed by atoms with van der Waals surface area (Å²) >= 11 is 6.43. The fourth-order valence-electron chi connectivity index (χ4n) is 3.36. The molecular weight excluding hydrogens is 312 g/mol. The van der Waals surface area contributed by atoms with Gasteiger partial charge in [0.25, 0.3) is 0 Å². The summed E-state index contributed by atoms with van der Waals surface area (Å²) in [5.41, 5.74) is 2.44. The van der Waals surface area contributed by atoms with E-state index in [1.165, 1.54) is 6.92 Å². The third kappa shape index (κ3) is 2.36. The lowest BCUT2D eigenvalue weighted by Gasteiger charge is -2.32. The predicted octanol–water partition coefficient (Wildman–Crippen LogP) is 4.08. The molecule has 0 aromatic heterocycles. The average Bonchev–Trinajstić information content (AvgIpc) is 2.73. The quantitative estimate of drug-likeness (QED) is 0.780. The van der Waals surface area contributed by atoms with Gasteiger partial charge in [0.15, 0.2) is 6.10 Å². The van der Waals surface area contributed by atoms with Crippen molar-refractivity contribution < 1.29 is 14.3 Å². The third-order valence-electron chi connectivity index (χ3n) is 4.48. The lowest BCUT2D eigenvalue weighted by Crippen LogP contribution is -2.40. The molecule has 0 saturated carbocycles. The standard InChI is InChI=1S/C19H17ClO3/c1-11-8-9-16(20)15(10-11)19(3)14-7-5-4-6-13(14)17(22)18(19)23-12(2)21/h4-10,18H,1-3H3. The lowest BCUT2D eigenvalue weighted by molar-refractivity contribution is -0.146. The molecule has 2 atom stereocenters. The monoisotopic (exact) mass is 328 g/mol. The molecule has 2 unspecified atom stereocenters. The number of fused-ring (bicyclic) bond motifs is 1. The zero-order chi connectivity index (χ0) is 16.8. The van der Waals surface area contributed by atoms with Crippen LogP contribution in [0.4, 0.5) is 0 Å². The molecule has 23 heavy (non-hydrogen) atoms. The summed E-state index contributed by atoms with van der Waals surface area (Å²) in [6.45, 7) is 5.19. The molecule has 3 rings (SSSR count). The number of Topliss-reactive ketones (excluding diaryl/α,β-unsaturated/α-hetero) is 1. The van der Waals surface area contributed by atoms with Gasteiger partial charge in [-0.25, -0.2) is 0 Å². The summed E-state index contributed by atoms with van der Waals surface area (Å²) in [4.78, 5) is 24.4. The summed E-state index contributed by atoms with van der Waals surface area (Å²) in [5.74, 6) is -0.665. The van der Waals surface area contributed by atoms with Gasteiger partial charge in [-0.05, 0) is 31.0 Å². The summed E-state index contributed by atoms with van der Waals surface area (Å²) in [6.07, 6.45) is -0.906. The molecule has 0 bridgehead atoms. The first-order chi connectivity index (χ1) is 10.9. The number of rotatable bonds is 2. The second kappa shape index (κ2) is 5.50. The summed E-state index contributed by atoms with van der Waals surface area (Å²) in [7, 11) is 0. The molecule has 118 valence electrons. The van der Waals surface area contributed by atoms with Crippen molar-refractivity contribution in [3.8, 4) is 0 Å². The van der Waals surface area contributed by atoms with Crippen molar-refractivity contribution in [3.63, 3.8) is 0 Å².